The minimum Gasteiger partial charge on any atom is -0.395 e. The second kappa shape index (κ2) is 9.10. The van der Waals surface area contributed by atoms with E-state index in [1.165, 1.54) is 0 Å². The van der Waals surface area contributed by atoms with Gasteiger partial charge in [-0.25, -0.2) is 4.79 Å². The van der Waals surface area contributed by atoms with Crippen molar-refractivity contribution < 1.29 is 9.90 Å². The van der Waals surface area contributed by atoms with Gasteiger partial charge in [0.25, 0.3) is 0 Å². The number of benzene rings is 1. The van der Waals surface area contributed by atoms with Crippen LogP contribution in [0.3, 0.4) is 0 Å². The Balaban J connectivity index is 2.69. The van der Waals surface area contributed by atoms with Gasteiger partial charge in [0, 0.05) is 23.7 Å². The van der Waals surface area contributed by atoms with Gasteiger partial charge >= 0.3 is 6.03 Å². The molecule has 0 aromatic heterocycles. The molecular formula is C14H21ClN2O2S. The van der Waals surface area contributed by atoms with Crippen molar-refractivity contribution in [2.45, 2.75) is 24.7 Å². The van der Waals surface area contributed by atoms with Crippen molar-refractivity contribution >= 4 is 35.1 Å². The Hall–Kier alpha value is -0.910. The minimum absolute atomic E-state index is 0.0384. The zero-order chi connectivity index (χ0) is 15.0. The highest BCUT2D eigenvalue weighted by Crippen LogP contribution is 2.28. The fourth-order valence-corrected chi connectivity index (χ4v) is 2.60. The van der Waals surface area contributed by atoms with Gasteiger partial charge in [-0.1, -0.05) is 24.9 Å². The number of unbranched alkanes of at least 4 members (excludes halogenated alkanes) is 1. The van der Waals surface area contributed by atoms with Crippen LogP contribution in [0, 0.1) is 0 Å². The summed E-state index contributed by atoms with van der Waals surface area (Å²) in [6.45, 7) is 3.00. The molecule has 0 unspecified atom stereocenters. The van der Waals surface area contributed by atoms with E-state index in [0.29, 0.717) is 23.8 Å². The third-order valence-electron chi connectivity index (χ3n) is 2.84. The van der Waals surface area contributed by atoms with Crippen molar-refractivity contribution in [2.24, 2.45) is 0 Å². The van der Waals surface area contributed by atoms with Gasteiger partial charge in [0.15, 0.2) is 0 Å². The Kier molecular flexibility index (Phi) is 7.80. The summed E-state index contributed by atoms with van der Waals surface area (Å²) in [4.78, 5) is 14.7. The van der Waals surface area contributed by atoms with Crippen molar-refractivity contribution in [3.63, 3.8) is 0 Å². The second-order valence-electron chi connectivity index (χ2n) is 4.34. The second-order valence-corrected chi connectivity index (χ2v) is 5.60. The monoisotopic (exact) mass is 316 g/mol. The summed E-state index contributed by atoms with van der Waals surface area (Å²) in [5, 5.41) is 12.5. The molecular weight excluding hydrogens is 296 g/mol. The average Bonchev–Trinajstić information content (AvgIpc) is 2.43. The number of aliphatic hydroxyl groups is 1. The molecule has 0 heterocycles. The van der Waals surface area contributed by atoms with Gasteiger partial charge in [0.1, 0.15) is 0 Å². The lowest BCUT2D eigenvalue weighted by Crippen LogP contribution is -2.37. The number of hydrogen-bond donors (Lipinski definition) is 2. The van der Waals surface area contributed by atoms with Crippen LogP contribution < -0.4 is 5.32 Å². The number of amides is 2. The molecule has 0 spiro atoms. The molecule has 1 aromatic carbocycles. The first-order chi connectivity index (χ1) is 9.62. The number of aliphatic hydroxyl groups excluding tert-OH is 1. The molecule has 0 saturated heterocycles. The van der Waals surface area contributed by atoms with Crippen LogP contribution in [0.25, 0.3) is 0 Å². The standard InChI is InChI=1S/C14H21ClN2O2S/c1-3-4-7-17(8-9-18)14(19)16-11-5-6-13(20-2)12(15)10-11/h5-6,10,18H,3-4,7-9H2,1-2H3,(H,16,19). The van der Waals surface area contributed by atoms with E-state index in [-0.39, 0.29) is 12.6 Å². The maximum Gasteiger partial charge on any atom is 0.321 e. The molecule has 0 bridgehead atoms. The van der Waals surface area contributed by atoms with E-state index in [4.69, 9.17) is 16.7 Å². The van der Waals surface area contributed by atoms with Crippen LogP contribution in [0.4, 0.5) is 10.5 Å². The lowest BCUT2D eigenvalue weighted by atomic mass is 10.3. The molecule has 0 atom stereocenters. The van der Waals surface area contributed by atoms with E-state index < -0.39 is 0 Å². The van der Waals surface area contributed by atoms with Gasteiger partial charge in [-0.05, 0) is 30.9 Å². The first-order valence-corrected chi connectivity index (χ1v) is 8.23. The number of thioether (sulfide) groups is 1. The van der Waals surface area contributed by atoms with Gasteiger partial charge in [-0.3, -0.25) is 0 Å². The third kappa shape index (κ3) is 5.23. The SMILES string of the molecule is CCCCN(CCO)C(=O)Nc1ccc(SC)c(Cl)c1. The summed E-state index contributed by atoms with van der Waals surface area (Å²) in [5.74, 6) is 0. The highest BCUT2D eigenvalue weighted by molar-refractivity contribution is 7.98. The van der Waals surface area contributed by atoms with E-state index in [1.807, 2.05) is 18.4 Å². The molecule has 112 valence electrons. The molecule has 1 aromatic rings. The van der Waals surface area contributed by atoms with Gasteiger partial charge in [0.2, 0.25) is 0 Å². The molecule has 2 N–H and O–H groups in total. The molecule has 0 aliphatic carbocycles. The van der Waals surface area contributed by atoms with E-state index in [1.54, 1.807) is 22.7 Å². The fraction of sp³-hybridized carbons (Fsp3) is 0.500. The van der Waals surface area contributed by atoms with Crippen molar-refractivity contribution in [1.29, 1.82) is 0 Å². The summed E-state index contributed by atoms with van der Waals surface area (Å²) < 4.78 is 0. The highest BCUT2D eigenvalue weighted by Gasteiger charge is 2.13. The molecule has 1 rings (SSSR count). The van der Waals surface area contributed by atoms with Gasteiger partial charge < -0.3 is 15.3 Å². The Morgan fingerprint density at radius 1 is 1.45 bits per heavy atom. The highest BCUT2D eigenvalue weighted by atomic mass is 35.5. The molecule has 0 aliphatic rings. The predicted molar refractivity (Wildman–Crippen MR) is 85.8 cm³/mol. The van der Waals surface area contributed by atoms with E-state index >= 15 is 0 Å². The van der Waals surface area contributed by atoms with E-state index in [0.717, 1.165) is 17.7 Å². The number of carbonyl (C=O) groups excluding carboxylic acids is 1. The van der Waals surface area contributed by atoms with Crippen LogP contribution in [-0.4, -0.2) is 42.0 Å². The average molecular weight is 317 g/mol. The lowest BCUT2D eigenvalue weighted by molar-refractivity contribution is 0.187. The van der Waals surface area contributed by atoms with Gasteiger partial charge in [-0.2, -0.15) is 0 Å². The van der Waals surface area contributed by atoms with Crippen LogP contribution >= 0.6 is 23.4 Å². The Morgan fingerprint density at radius 3 is 2.75 bits per heavy atom. The largest absolute Gasteiger partial charge is 0.395 e. The molecule has 2 amide bonds. The quantitative estimate of drug-likeness (QED) is 0.754. The number of anilines is 1. The van der Waals surface area contributed by atoms with Crippen LogP contribution in [0.15, 0.2) is 23.1 Å². The summed E-state index contributed by atoms with van der Waals surface area (Å²) in [6, 6.07) is 5.24. The minimum atomic E-state index is -0.208. The molecule has 4 nitrogen and oxygen atoms in total. The normalized spacial score (nSPS) is 10.4. The molecule has 0 saturated carbocycles. The third-order valence-corrected chi connectivity index (χ3v) is 4.06. The zero-order valence-electron chi connectivity index (χ0n) is 11.9. The number of hydrogen-bond acceptors (Lipinski definition) is 3. The van der Waals surface area contributed by atoms with Crippen LogP contribution in [-0.2, 0) is 0 Å². The molecule has 0 fully saturated rings. The number of halogens is 1. The first-order valence-electron chi connectivity index (χ1n) is 6.62. The lowest BCUT2D eigenvalue weighted by Gasteiger charge is -2.22. The van der Waals surface area contributed by atoms with Gasteiger partial charge in [-0.15, -0.1) is 11.8 Å². The summed E-state index contributed by atoms with van der Waals surface area (Å²) >= 11 is 7.67. The number of carbonyl (C=O) groups is 1. The van der Waals surface area contributed by atoms with Crippen LogP contribution in [0.1, 0.15) is 19.8 Å². The maximum atomic E-state index is 12.1. The van der Waals surface area contributed by atoms with Crippen LogP contribution in [0.2, 0.25) is 5.02 Å². The number of nitrogens with zero attached hydrogens (tertiary/aromatic N) is 1. The molecule has 0 radical (unpaired) electrons. The Labute approximate surface area is 129 Å². The summed E-state index contributed by atoms with van der Waals surface area (Å²) in [5.41, 5.74) is 0.664. The number of nitrogens with one attached hydrogen (secondary N) is 1. The molecule has 20 heavy (non-hydrogen) atoms. The first kappa shape index (κ1) is 17.1. The van der Waals surface area contributed by atoms with Crippen LogP contribution in [0.5, 0.6) is 0 Å². The van der Waals surface area contributed by atoms with Gasteiger partial charge in [0.05, 0.1) is 11.6 Å². The van der Waals surface area contributed by atoms with Crippen molar-refractivity contribution in [3.05, 3.63) is 23.2 Å². The predicted octanol–water partition coefficient (Wildman–Crippen LogP) is 3.69. The number of rotatable bonds is 7. The summed E-state index contributed by atoms with van der Waals surface area (Å²) in [6.07, 6.45) is 3.87. The topological polar surface area (TPSA) is 52.6 Å². The zero-order valence-corrected chi connectivity index (χ0v) is 13.4. The fourth-order valence-electron chi connectivity index (χ4n) is 1.73. The van der Waals surface area contributed by atoms with Crippen molar-refractivity contribution in [1.82, 2.24) is 4.90 Å². The number of urea groups is 1. The molecule has 6 heteroatoms. The van der Waals surface area contributed by atoms with E-state index in [9.17, 15) is 4.79 Å². The van der Waals surface area contributed by atoms with Crippen molar-refractivity contribution in [2.75, 3.05) is 31.3 Å². The Morgan fingerprint density at radius 2 is 2.20 bits per heavy atom. The smallest absolute Gasteiger partial charge is 0.321 e. The summed E-state index contributed by atoms with van der Waals surface area (Å²) in [7, 11) is 0. The maximum absolute atomic E-state index is 12.1. The molecule has 0 aliphatic heterocycles. The Bertz CT molecular complexity index is 443. The van der Waals surface area contributed by atoms with Crippen molar-refractivity contribution in [3.8, 4) is 0 Å². The van der Waals surface area contributed by atoms with E-state index in [2.05, 4.69) is 12.2 Å².